The molecule has 1 heterocycles. The molecule has 4 N–H and O–H groups in total. The number of rotatable bonds is 6. The van der Waals surface area contributed by atoms with Gasteiger partial charge in [-0.15, -0.1) is 0 Å². The molecule has 1 fully saturated rings. The summed E-state index contributed by atoms with van der Waals surface area (Å²) in [7, 11) is 0. The van der Waals surface area contributed by atoms with Crippen LogP contribution >= 0.6 is 0 Å². The number of carbonyl (C=O) groups is 2. The summed E-state index contributed by atoms with van der Waals surface area (Å²) in [5.41, 5.74) is 6.59. The number of primary amides is 1. The Kier molecular flexibility index (Phi) is 5.79. The van der Waals surface area contributed by atoms with Crippen LogP contribution in [0.4, 0.5) is 0 Å². The third kappa shape index (κ3) is 4.30. The Morgan fingerprint density at radius 2 is 2.07 bits per heavy atom. The number of hydrogen-bond donors (Lipinski definition) is 3. The highest BCUT2D eigenvalue weighted by molar-refractivity contribution is 6.06. The number of benzene rings is 1. The molecule has 0 bridgehead atoms. The molecule has 0 unspecified atom stereocenters. The first-order valence-electron chi connectivity index (χ1n) is 9.60. The van der Waals surface area contributed by atoms with Crippen LogP contribution in [0.25, 0.3) is 10.9 Å². The number of nitrogens with zero attached hydrogens (tertiary/aromatic N) is 2. The molecule has 0 aliphatic heterocycles. The van der Waals surface area contributed by atoms with Gasteiger partial charge in [-0.3, -0.25) is 14.3 Å². The summed E-state index contributed by atoms with van der Waals surface area (Å²) < 4.78 is 1.85. The highest BCUT2D eigenvalue weighted by atomic mass is 16.3. The molecule has 7 nitrogen and oxygen atoms in total. The van der Waals surface area contributed by atoms with E-state index >= 15 is 0 Å². The van der Waals surface area contributed by atoms with Crippen molar-refractivity contribution in [2.45, 2.75) is 58.2 Å². The van der Waals surface area contributed by atoms with Gasteiger partial charge >= 0.3 is 0 Å². The maximum absolute atomic E-state index is 12.8. The Bertz CT molecular complexity index is 830. The standard InChI is InChI=1S/C20H28N4O3/c1-12(2)17(19(21)26)22-20(27)18-15-8-3-4-9-16(15)24(23-18)11-13-6-5-7-14(25)10-13/h3-4,8-9,12-14,17,25H,5-7,10-11H2,1-2H3,(H2,21,26)(H,22,27)/t13-,14-,17+/m1/s1. The zero-order valence-corrected chi connectivity index (χ0v) is 15.9. The van der Waals surface area contributed by atoms with Gasteiger partial charge in [0.05, 0.1) is 11.6 Å². The lowest BCUT2D eigenvalue weighted by molar-refractivity contribution is -0.120. The van der Waals surface area contributed by atoms with E-state index in [-0.39, 0.29) is 12.0 Å². The van der Waals surface area contributed by atoms with Crippen molar-refractivity contribution in [1.82, 2.24) is 15.1 Å². The van der Waals surface area contributed by atoms with Crippen LogP contribution in [-0.4, -0.2) is 38.8 Å². The van der Waals surface area contributed by atoms with Crippen molar-refractivity contribution in [3.8, 4) is 0 Å². The molecule has 0 saturated heterocycles. The number of fused-ring (bicyclic) bond motifs is 1. The number of nitrogens with two attached hydrogens (primary N) is 1. The first-order valence-corrected chi connectivity index (χ1v) is 9.60. The van der Waals surface area contributed by atoms with Crippen LogP contribution in [0.5, 0.6) is 0 Å². The number of carbonyl (C=O) groups excluding carboxylic acids is 2. The van der Waals surface area contributed by atoms with Crippen LogP contribution in [0.3, 0.4) is 0 Å². The molecule has 0 radical (unpaired) electrons. The summed E-state index contributed by atoms with van der Waals surface area (Å²) in [6, 6.07) is 6.83. The molecule has 1 aliphatic carbocycles. The van der Waals surface area contributed by atoms with E-state index in [4.69, 9.17) is 5.73 Å². The lowest BCUT2D eigenvalue weighted by Crippen LogP contribution is -2.47. The number of para-hydroxylation sites is 1. The smallest absolute Gasteiger partial charge is 0.273 e. The molecule has 27 heavy (non-hydrogen) atoms. The second kappa shape index (κ2) is 8.08. The highest BCUT2D eigenvalue weighted by Gasteiger charge is 2.26. The SMILES string of the molecule is CC(C)[C@H](NC(=O)c1nn(C[C@@H]2CCC[C@@H](O)C2)c2ccccc12)C(N)=O. The predicted molar refractivity (Wildman–Crippen MR) is 103 cm³/mol. The Hall–Kier alpha value is -2.41. The van der Waals surface area contributed by atoms with Crippen LogP contribution in [0.2, 0.25) is 0 Å². The van der Waals surface area contributed by atoms with Gasteiger partial charge < -0.3 is 16.2 Å². The van der Waals surface area contributed by atoms with Crippen molar-refractivity contribution < 1.29 is 14.7 Å². The molecule has 0 spiro atoms. The van der Waals surface area contributed by atoms with Gasteiger partial charge in [-0.1, -0.05) is 38.5 Å². The van der Waals surface area contributed by atoms with Gasteiger partial charge in [0.1, 0.15) is 6.04 Å². The van der Waals surface area contributed by atoms with Crippen LogP contribution in [-0.2, 0) is 11.3 Å². The average Bonchev–Trinajstić information content (AvgIpc) is 2.98. The minimum absolute atomic E-state index is 0.108. The van der Waals surface area contributed by atoms with Crippen LogP contribution in [0, 0.1) is 11.8 Å². The molecule has 146 valence electrons. The molecule has 7 heteroatoms. The minimum atomic E-state index is -0.741. The third-order valence-electron chi connectivity index (χ3n) is 5.32. The molecule has 3 atom stereocenters. The number of amides is 2. The molecule has 1 aromatic carbocycles. The van der Waals surface area contributed by atoms with E-state index in [0.29, 0.717) is 18.2 Å². The maximum Gasteiger partial charge on any atom is 0.273 e. The van der Waals surface area contributed by atoms with E-state index in [0.717, 1.165) is 36.6 Å². The first-order chi connectivity index (χ1) is 12.9. The second-order valence-corrected chi connectivity index (χ2v) is 7.83. The molecule has 2 amide bonds. The first kappa shape index (κ1) is 19.4. The zero-order chi connectivity index (χ0) is 19.6. The molecular formula is C20H28N4O3. The topological polar surface area (TPSA) is 110 Å². The number of nitrogens with one attached hydrogen (secondary N) is 1. The van der Waals surface area contributed by atoms with Gasteiger partial charge in [0.15, 0.2) is 5.69 Å². The molecule has 1 saturated carbocycles. The highest BCUT2D eigenvalue weighted by Crippen LogP contribution is 2.27. The minimum Gasteiger partial charge on any atom is -0.393 e. The molecule has 3 rings (SSSR count). The van der Waals surface area contributed by atoms with Crippen LogP contribution in [0.1, 0.15) is 50.0 Å². The van der Waals surface area contributed by atoms with E-state index in [2.05, 4.69) is 10.4 Å². The number of aromatic nitrogens is 2. The molecule has 1 aliphatic rings. The van der Waals surface area contributed by atoms with Crippen molar-refractivity contribution >= 4 is 22.7 Å². The monoisotopic (exact) mass is 372 g/mol. The van der Waals surface area contributed by atoms with Crippen molar-refractivity contribution in [1.29, 1.82) is 0 Å². The lowest BCUT2D eigenvalue weighted by Gasteiger charge is -2.25. The second-order valence-electron chi connectivity index (χ2n) is 7.83. The van der Waals surface area contributed by atoms with Gasteiger partial charge in [0, 0.05) is 11.9 Å². The quantitative estimate of drug-likeness (QED) is 0.718. The van der Waals surface area contributed by atoms with Crippen molar-refractivity contribution in [2.75, 3.05) is 0 Å². The molecule has 1 aromatic heterocycles. The fraction of sp³-hybridized carbons (Fsp3) is 0.550. The Morgan fingerprint density at radius 3 is 2.74 bits per heavy atom. The van der Waals surface area contributed by atoms with Crippen LogP contribution in [0.15, 0.2) is 24.3 Å². The summed E-state index contributed by atoms with van der Waals surface area (Å²) in [6.07, 6.45) is 3.41. The van der Waals surface area contributed by atoms with Gasteiger partial charge in [-0.2, -0.15) is 5.10 Å². The largest absolute Gasteiger partial charge is 0.393 e. The summed E-state index contributed by atoms with van der Waals surface area (Å²) in [5, 5.41) is 17.9. The number of hydrogen-bond acceptors (Lipinski definition) is 4. The van der Waals surface area contributed by atoms with Crippen molar-refractivity contribution in [3.05, 3.63) is 30.0 Å². The van der Waals surface area contributed by atoms with Crippen LogP contribution < -0.4 is 11.1 Å². The van der Waals surface area contributed by atoms with Gasteiger partial charge in [0.2, 0.25) is 5.91 Å². The van der Waals surface area contributed by atoms with E-state index < -0.39 is 17.9 Å². The normalized spacial score (nSPS) is 21.3. The maximum atomic E-state index is 12.8. The summed E-state index contributed by atoms with van der Waals surface area (Å²) >= 11 is 0. The van der Waals surface area contributed by atoms with E-state index in [1.54, 1.807) is 0 Å². The number of aliphatic hydroxyl groups excluding tert-OH is 1. The zero-order valence-electron chi connectivity index (χ0n) is 15.9. The third-order valence-corrected chi connectivity index (χ3v) is 5.32. The van der Waals surface area contributed by atoms with Crippen molar-refractivity contribution in [2.24, 2.45) is 17.6 Å². The number of aliphatic hydroxyl groups is 1. The average molecular weight is 372 g/mol. The lowest BCUT2D eigenvalue weighted by atomic mass is 9.87. The van der Waals surface area contributed by atoms with Gasteiger partial charge in [-0.25, -0.2) is 0 Å². The Morgan fingerprint density at radius 1 is 1.33 bits per heavy atom. The Labute approximate surface area is 158 Å². The summed E-state index contributed by atoms with van der Waals surface area (Å²) in [6.45, 7) is 4.33. The summed E-state index contributed by atoms with van der Waals surface area (Å²) in [5.74, 6) is -0.727. The van der Waals surface area contributed by atoms with E-state index in [1.165, 1.54) is 0 Å². The van der Waals surface area contributed by atoms with Gasteiger partial charge in [-0.05, 0) is 37.2 Å². The van der Waals surface area contributed by atoms with E-state index in [1.807, 2.05) is 42.8 Å². The fourth-order valence-corrected chi connectivity index (χ4v) is 3.88. The molecular weight excluding hydrogens is 344 g/mol. The molecule has 2 aromatic rings. The van der Waals surface area contributed by atoms with Crippen molar-refractivity contribution in [3.63, 3.8) is 0 Å². The predicted octanol–water partition coefficient (Wildman–Crippen LogP) is 1.83. The van der Waals surface area contributed by atoms with Gasteiger partial charge in [0.25, 0.3) is 5.91 Å². The fourth-order valence-electron chi connectivity index (χ4n) is 3.88. The Balaban J connectivity index is 1.87. The summed E-state index contributed by atoms with van der Waals surface area (Å²) in [4.78, 5) is 24.4. The van der Waals surface area contributed by atoms with E-state index in [9.17, 15) is 14.7 Å².